The van der Waals surface area contributed by atoms with Gasteiger partial charge in [-0.3, -0.25) is 0 Å². The summed E-state index contributed by atoms with van der Waals surface area (Å²) < 4.78 is 27.4. The van der Waals surface area contributed by atoms with Gasteiger partial charge in [0.2, 0.25) is 0 Å². The van der Waals surface area contributed by atoms with Crippen molar-refractivity contribution in [1.29, 1.82) is 0 Å². The van der Waals surface area contributed by atoms with E-state index < -0.39 is 11.6 Å². The largest absolute Gasteiger partial charge is 0.204 e. The van der Waals surface area contributed by atoms with Crippen LogP contribution in [0.3, 0.4) is 0 Å². The number of unbranched alkanes of at least 4 members (excludes halogenated alkanes) is 3. The lowest BCUT2D eigenvalue weighted by atomic mass is 9.98. The molecule has 0 aliphatic rings. The second-order valence-electron chi connectivity index (χ2n) is 4.72. The summed E-state index contributed by atoms with van der Waals surface area (Å²) in [6.45, 7) is 4.29. The smallest absolute Gasteiger partial charge is 0.159 e. The summed E-state index contributed by atoms with van der Waals surface area (Å²) in [5.41, 5.74) is 2.00. The summed E-state index contributed by atoms with van der Waals surface area (Å²) in [7, 11) is 0. The first-order valence-corrected chi connectivity index (χ1v) is 8.02. The van der Waals surface area contributed by atoms with Crippen LogP contribution in [-0.4, -0.2) is 0 Å². The third-order valence-electron chi connectivity index (χ3n) is 3.10. The van der Waals surface area contributed by atoms with Crippen LogP contribution in [0.25, 0.3) is 5.57 Å². The van der Waals surface area contributed by atoms with Gasteiger partial charge in [-0.05, 0) is 65.1 Å². The van der Waals surface area contributed by atoms with Crippen LogP contribution in [0.4, 0.5) is 8.78 Å². The fraction of sp³-hybridized carbons (Fsp3) is 0.500. The monoisotopic (exact) mass is 378 g/mol. The normalized spacial score (nSPS) is 11.9. The molecule has 0 saturated carbocycles. The summed E-state index contributed by atoms with van der Waals surface area (Å²) in [5.74, 6) is -1.52. The van der Waals surface area contributed by atoms with Crippen molar-refractivity contribution in [2.75, 3.05) is 0 Å². The molecule has 1 aromatic carbocycles. The number of allylic oxidation sites excluding steroid dienone is 2. The van der Waals surface area contributed by atoms with Gasteiger partial charge in [0.25, 0.3) is 0 Å². The highest BCUT2D eigenvalue weighted by Gasteiger charge is 2.11. The lowest BCUT2D eigenvalue weighted by Gasteiger charge is -2.11. The van der Waals surface area contributed by atoms with Crippen LogP contribution in [0.1, 0.15) is 57.9 Å². The first kappa shape index (κ1) is 16.6. The second-order valence-corrected chi connectivity index (χ2v) is 5.88. The Morgan fingerprint density at radius 1 is 1.11 bits per heavy atom. The van der Waals surface area contributed by atoms with E-state index in [9.17, 15) is 8.78 Å². The number of halogens is 3. The molecule has 19 heavy (non-hydrogen) atoms. The Morgan fingerprint density at radius 3 is 2.37 bits per heavy atom. The van der Waals surface area contributed by atoms with Gasteiger partial charge in [-0.1, -0.05) is 39.2 Å². The van der Waals surface area contributed by atoms with Crippen molar-refractivity contribution < 1.29 is 8.78 Å². The van der Waals surface area contributed by atoms with E-state index in [0.29, 0.717) is 0 Å². The van der Waals surface area contributed by atoms with Gasteiger partial charge in [0.1, 0.15) is 0 Å². The van der Waals surface area contributed by atoms with Gasteiger partial charge in [-0.15, -0.1) is 0 Å². The molecule has 1 aromatic rings. The minimum atomic E-state index is -0.767. The molecule has 0 fully saturated rings. The first-order valence-electron chi connectivity index (χ1n) is 6.94. The van der Waals surface area contributed by atoms with Gasteiger partial charge in [0, 0.05) is 3.57 Å². The molecule has 0 amide bonds. The van der Waals surface area contributed by atoms with Crippen molar-refractivity contribution in [1.82, 2.24) is 0 Å². The van der Waals surface area contributed by atoms with E-state index in [1.54, 1.807) is 0 Å². The number of hydrogen-bond donors (Lipinski definition) is 0. The lowest BCUT2D eigenvalue weighted by molar-refractivity contribution is 0.507. The molecule has 0 aromatic heterocycles. The molecule has 1 rings (SSSR count). The van der Waals surface area contributed by atoms with Crippen LogP contribution in [0.5, 0.6) is 0 Å². The van der Waals surface area contributed by atoms with Crippen LogP contribution in [0.15, 0.2) is 18.2 Å². The molecular weight excluding hydrogens is 357 g/mol. The molecular formula is C16H21F2I. The number of hydrogen-bond acceptors (Lipinski definition) is 0. The molecule has 0 saturated heterocycles. The highest BCUT2D eigenvalue weighted by Crippen LogP contribution is 2.28. The minimum Gasteiger partial charge on any atom is -0.204 e. The van der Waals surface area contributed by atoms with Gasteiger partial charge < -0.3 is 0 Å². The molecule has 0 nitrogen and oxygen atoms in total. The third kappa shape index (κ3) is 5.21. The minimum absolute atomic E-state index is 0.756. The maximum absolute atomic E-state index is 13.4. The van der Waals surface area contributed by atoms with E-state index in [2.05, 4.69) is 42.5 Å². The van der Waals surface area contributed by atoms with E-state index in [1.807, 2.05) is 0 Å². The first-order chi connectivity index (χ1) is 9.10. The van der Waals surface area contributed by atoms with Crippen molar-refractivity contribution >= 4 is 28.2 Å². The summed E-state index contributed by atoms with van der Waals surface area (Å²) in [5, 5.41) is 0. The van der Waals surface area contributed by atoms with E-state index in [0.717, 1.165) is 53.2 Å². The topological polar surface area (TPSA) is 0 Å². The Balaban J connectivity index is 3.02. The Kier molecular flexibility index (Phi) is 7.57. The quantitative estimate of drug-likeness (QED) is 0.295. The fourth-order valence-corrected chi connectivity index (χ4v) is 2.74. The van der Waals surface area contributed by atoms with Gasteiger partial charge in [0.15, 0.2) is 11.6 Å². The fourth-order valence-electron chi connectivity index (χ4n) is 1.96. The Morgan fingerprint density at radius 2 is 1.74 bits per heavy atom. The van der Waals surface area contributed by atoms with E-state index in [4.69, 9.17) is 0 Å². The zero-order valence-electron chi connectivity index (χ0n) is 11.6. The predicted molar refractivity (Wildman–Crippen MR) is 86.1 cm³/mol. The highest BCUT2D eigenvalue weighted by molar-refractivity contribution is 14.1. The molecule has 0 N–H and O–H groups in total. The van der Waals surface area contributed by atoms with E-state index >= 15 is 0 Å². The summed E-state index contributed by atoms with van der Waals surface area (Å²) in [6.07, 6.45) is 8.58. The molecule has 106 valence electrons. The summed E-state index contributed by atoms with van der Waals surface area (Å²) in [6, 6.07) is 2.62. The molecule has 0 aliphatic heterocycles. The van der Waals surface area contributed by atoms with E-state index in [-0.39, 0.29) is 0 Å². The average molecular weight is 378 g/mol. The molecule has 0 heterocycles. The number of rotatable bonds is 7. The highest BCUT2D eigenvalue weighted by atomic mass is 127. The van der Waals surface area contributed by atoms with Crippen molar-refractivity contribution in [3.05, 3.63) is 39.0 Å². The van der Waals surface area contributed by atoms with Gasteiger partial charge in [0.05, 0.1) is 0 Å². The SMILES string of the molecule is CCCC/C=C(\CCCC)c1cc(F)c(F)cc1I. The van der Waals surface area contributed by atoms with Crippen LogP contribution < -0.4 is 0 Å². The van der Waals surface area contributed by atoms with Crippen molar-refractivity contribution in [3.63, 3.8) is 0 Å². The molecule has 0 spiro atoms. The van der Waals surface area contributed by atoms with Crippen molar-refractivity contribution in [2.45, 2.75) is 52.4 Å². The van der Waals surface area contributed by atoms with E-state index in [1.165, 1.54) is 12.1 Å². The Labute approximate surface area is 128 Å². The van der Waals surface area contributed by atoms with Crippen LogP contribution >= 0.6 is 22.6 Å². The number of benzene rings is 1. The van der Waals surface area contributed by atoms with Gasteiger partial charge in [-0.25, -0.2) is 8.78 Å². The molecule has 0 aliphatic carbocycles. The molecule has 0 unspecified atom stereocenters. The Bertz CT molecular complexity index is 439. The summed E-state index contributed by atoms with van der Waals surface area (Å²) >= 11 is 2.08. The van der Waals surface area contributed by atoms with Gasteiger partial charge in [-0.2, -0.15) is 0 Å². The third-order valence-corrected chi connectivity index (χ3v) is 4.00. The molecule has 0 radical (unpaired) electrons. The molecule has 0 bridgehead atoms. The van der Waals surface area contributed by atoms with Crippen LogP contribution in [-0.2, 0) is 0 Å². The maximum atomic E-state index is 13.4. The van der Waals surface area contributed by atoms with Crippen LogP contribution in [0.2, 0.25) is 0 Å². The van der Waals surface area contributed by atoms with Crippen LogP contribution in [0, 0.1) is 15.2 Å². The zero-order valence-corrected chi connectivity index (χ0v) is 13.8. The molecule has 3 heteroatoms. The summed E-state index contributed by atoms with van der Waals surface area (Å²) in [4.78, 5) is 0. The van der Waals surface area contributed by atoms with Crippen molar-refractivity contribution in [3.8, 4) is 0 Å². The lowest BCUT2D eigenvalue weighted by Crippen LogP contribution is -1.95. The van der Waals surface area contributed by atoms with Gasteiger partial charge >= 0.3 is 0 Å². The predicted octanol–water partition coefficient (Wildman–Crippen LogP) is 6.33. The standard InChI is InChI=1S/C16H21F2I/c1-3-5-7-9-12(8-6-4-2)13-10-14(17)15(18)11-16(13)19/h9-11H,3-8H2,1-2H3/b12-9+. The average Bonchev–Trinajstić information content (AvgIpc) is 2.38. The van der Waals surface area contributed by atoms with Crippen molar-refractivity contribution in [2.24, 2.45) is 0 Å². The zero-order chi connectivity index (χ0) is 14.3. The molecule has 0 atom stereocenters. The maximum Gasteiger partial charge on any atom is 0.159 e. The second kappa shape index (κ2) is 8.67. The Hall–Kier alpha value is -0.450.